The van der Waals surface area contributed by atoms with Crippen LogP contribution in [0.25, 0.3) is 0 Å². The predicted molar refractivity (Wildman–Crippen MR) is 69.7 cm³/mol. The van der Waals surface area contributed by atoms with E-state index in [0.29, 0.717) is 6.42 Å². The maximum atomic E-state index is 14.0. The maximum absolute atomic E-state index is 14.0. The molecule has 1 aromatic carbocycles. The van der Waals surface area contributed by atoms with Crippen molar-refractivity contribution in [2.75, 3.05) is 6.26 Å². The first-order chi connectivity index (χ1) is 8.97. The molecule has 0 spiro atoms. The molecule has 2 aliphatic rings. The highest BCUT2D eigenvalue weighted by Gasteiger charge is 2.47. The Balaban J connectivity index is 1.95. The number of alkyl halides is 1. The number of hydrazone groups is 1. The van der Waals surface area contributed by atoms with E-state index in [9.17, 15) is 12.8 Å². The lowest BCUT2D eigenvalue weighted by Crippen LogP contribution is -2.41. The minimum Gasteiger partial charge on any atom is -0.335 e. The van der Waals surface area contributed by atoms with Gasteiger partial charge in [-0.05, 0) is 5.56 Å². The summed E-state index contributed by atoms with van der Waals surface area (Å²) in [5.74, 6) is 0. The standard InChI is InChI=1S/C12H14FN3O2S/c1-19(17,18)12-14-11-9(13)7-10(16(11)15-12)8-5-3-2-4-6-8/h2-6,9-11H,7H2,1H3,(H,14,15)/t9-,10-,11?/m0/s1. The molecule has 2 aliphatic heterocycles. The molecule has 102 valence electrons. The van der Waals surface area contributed by atoms with E-state index in [2.05, 4.69) is 10.4 Å². The normalized spacial score (nSPS) is 29.9. The van der Waals surface area contributed by atoms with Crippen molar-refractivity contribution in [2.24, 2.45) is 5.10 Å². The van der Waals surface area contributed by atoms with Crippen LogP contribution in [0.5, 0.6) is 0 Å². The Morgan fingerprint density at radius 1 is 1.37 bits per heavy atom. The Labute approximate surface area is 111 Å². The summed E-state index contributed by atoms with van der Waals surface area (Å²) in [4.78, 5) is 0. The summed E-state index contributed by atoms with van der Waals surface area (Å²) in [6.45, 7) is 0. The molecule has 1 saturated heterocycles. The van der Waals surface area contributed by atoms with Crippen LogP contribution in [0.1, 0.15) is 18.0 Å². The van der Waals surface area contributed by atoms with Crippen LogP contribution < -0.4 is 5.32 Å². The molecule has 3 rings (SSSR count). The summed E-state index contributed by atoms with van der Waals surface area (Å²) in [5, 5.41) is 8.07. The number of sulfone groups is 1. The van der Waals surface area contributed by atoms with Crippen molar-refractivity contribution in [2.45, 2.75) is 24.8 Å². The molecule has 1 aromatic rings. The fourth-order valence-corrected chi connectivity index (χ4v) is 3.08. The number of nitrogens with one attached hydrogen (secondary N) is 1. The molecule has 3 atom stereocenters. The second-order valence-corrected chi connectivity index (χ2v) is 6.76. The van der Waals surface area contributed by atoms with Crippen molar-refractivity contribution in [3.8, 4) is 0 Å². The molecule has 1 fully saturated rings. The molecular formula is C12H14FN3O2S. The minimum atomic E-state index is -3.44. The van der Waals surface area contributed by atoms with Crippen molar-refractivity contribution in [1.82, 2.24) is 10.3 Å². The monoisotopic (exact) mass is 283 g/mol. The van der Waals surface area contributed by atoms with Gasteiger partial charge in [0.25, 0.3) is 0 Å². The summed E-state index contributed by atoms with van der Waals surface area (Å²) in [6, 6.07) is 9.20. The van der Waals surface area contributed by atoms with Crippen LogP contribution in [0.3, 0.4) is 0 Å². The Kier molecular flexibility index (Phi) is 2.74. The van der Waals surface area contributed by atoms with E-state index in [0.717, 1.165) is 11.8 Å². The van der Waals surface area contributed by atoms with Crippen molar-refractivity contribution in [1.29, 1.82) is 0 Å². The van der Waals surface area contributed by atoms with Gasteiger partial charge in [0.15, 0.2) is 0 Å². The van der Waals surface area contributed by atoms with Crippen LogP contribution in [0.4, 0.5) is 4.39 Å². The number of fused-ring (bicyclic) bond motifs is 1. The SMILES string of the molecule is CS(=O)(=O)C1=NN2C(N1)[C@@H](F)C[C@H]2c1ccccc1. The van der Waals surface area contributed by atoms with Crippen LogP contribution >= 0.6 is 0 Å². The number of benzene rings is 1. The lowest BCUT2D eigenvalue weighted by Gasteiger charge is -2.21. The zero-order valence-corrected chi connectivity index (χ0v) is 11.1. The van der Waals surface area contributed by atoms with Crippen LogP contribution in [0.2, 0.25) is 0 Å². The average molecular weight is 283 g/mol. The molecule has 0 bridgehead atoms. The van der Waals surface area contributed by atoms with E-state index in [-0.39, 0.29) is 11.2 Å². The third-order valence-corrected chi connectivity index (χ3v) is 4.31. The molecule has 2 heterocycles. The van der Waals surface area contributed by atoms with Gasteiger partial charge in [0.2, 0.25) is 15.0 Å². The van der Waals surface area contributed by atoms with Gasteiger partial charge in [-0.25, -0.2) is 12.8 Å². The van der Waals surface area contributed by atoms with E-state index < -0.39 is 22.2 Å². The van der Waals surface area contributed by atoms with Gasteiger partial charge in [-0.1, -0.05) is 30.3 Å². The third kappa shape index (κ3) is 2.07. The molecule has 7 heteroatoms. The van der Waals surface area contributed by atoms with Gasteiger partial charge in [-0.2, -0.15) is 0 Å². The van der Waals surface area contributed by atoms with Gasteiger partial charge in [0.1, 0.15) is 12.3 Å². The van der Waals surface area contributed by atoms with Crippen molar-refractivity contribution in [3.05, 3.63) is 35.9 Å². The summed E-state index contributed by atoms with van der Waals surface area (Å²) >= 11 is 0. The number of hydrogen-bond donors (Lipinski definition) is 1. The fraction of sp³-hybridized carbons (Fsp3) is 0.417. The highest BCUT2D eigenvalue weighted by molar-refractivity contribution is 8.05. The highest BCUT2D eigenvalue weighted by Crippen LogP contribution is 2.39. The number of nitrogens with zero attached hydrogens (tertiary/aromatic N) is 2. The Morgan fingerprint density at radius 3 is 2.68 bits per heavy atom. The number of amidine groups is 1. The Bertz CT molecular complexity index is 617. The van der Waals surface area contributed by atoms with Crippen LogP contribution in [0, 0.1) is 0 Å². The molecule has 19 heavy (non-hydrogen) atoms. The number of hydrogen-bond acceptors (Lipinski definition) is 5. The van der Waals surface area contributed by atoms with Gasteiger partial charge in [-0.3, -0.25) is 5.01 Å². The van der Waals surface area contributed by atoms with Gasteiger partial charge in [0.05, 0.1) is 6.04 Å². The van der Waals surface area contributed by atoms with Crippen LogP contribution in [0.15, 0.2) is 35.4 Å². The first kappa shape index (κ1) is 12.4. The zero-order chi connectivity index (χ0) is 13.6. The first-order valence-corrected chi connectivity index (χ1v) is 7.88. The Morgan fingerprint density at radius 2 is 2.05 bits per heavy atom. The van der Waals surface area contributed by atoms with Crippen LogP contribution in [-0.2, 0) is 9.84 Å². The largest absolute Gasteiger partial charge is 0.335 e. The lowest BCUT2D eigenvalue weighted by atomic mass is 10.1. The quantitative estimate of drug-likeness (QED) is 0.836. The predicted octanol–water partition coefficient (Wildman–Crippen LogP) is 1.02. The molecule has 1 unspecified atom stereocenters. The number of rotatable bonds is 1. The van der Waals surface area contributed by atoms with Crippen molar-refractivity contribution < 1.29 is 12.8 Å². The maximum Gasteiger partial charge on any atom is 0.240 e. The molecule has 5 nitrogen and oxygen atoms in total. The van der Waals surface area contributed by atoms with E-state index in [1.165, 1.54) is 5.01 Å². The Hall–Kier alpha value is -1.63. The fourth-order valence-electron chi connectivity index (χ4n) is 2.50. The molecule has 1 N–H and O–H groups in total. The van der Waals surface area contributed by atoms with E-state index in [1.807, 2.05) is 30.3 Å². The van der Waals surface area contributed by atoms with Gasteiger partial charge in [-0.15, -0.1) is 5.10 Å². The lowest BCUT2D eigenvalue weighted by molar-refractivity contribution is 0.180. The van der Waals surface area contributed by atoms with E-state index >= 15 is 0 Å². The average Bonchev–Trinajstić information content (AvgIpc) is 2.91. The molecule has 0 saturated carbocycles. The van der Waals surface area contributed by atoms with Gasteiger partial charge >= 0.3 is 0 Å². The highest BCUT2D eigenvalue weighted by atomic mass is 32.2. The summed E-state index contributed by atoms with van der Waals surface area (Å²) in [7, 11) is -3.44. The summed E-state index contributed by atoms with van der Waals surface area (Å²) < 4.78 is 36.9. The first-order valence-electron chi connectivity index (χ1n) is 5.99. The van der Waals surface area contributed by atoms with Gasteiger partial charge < -0.3 is 5.32 Å². The van der Waals surface area contributed by atoms with Crippen molar-refractivity contribution in [3.63, 3.8) is 0 Å². The van der Waals surface area contributed by atoms with Crippen molar-refractivity contribution >= 4 is 15.0 Å². The molecule has 0 aliphatic carbocycles. The summed E-state index contributed by atoms with van der Waals surface area (Å²) in [5.41, 5.74) is 0.938. The zero-order valence-electron chi connectivity index (χ0n) is 10.3. The van der Waals surface area contributed by atoms with Crippen LogP contribution in [-0.4, -0.2) is 37.2 Å². The van der Waals surface area contributed by atoms with E-state index in [4.69, 9.17) is 0 Å². The van der Waals surface area contributed by atoms with E-state index in [1.54, 1.807) is 0 Å². The van der Waals surface area contributed by atoms with Gasteiger partial charge in [0, 0.05) is 12.7 Å². The molecule has 0 aromatic heterocycles. The second kappa shape index (κ2) is 4.19. The molecule has 0 amide bonds. The third-order valence-electron chi connectivity index (χ3n) is 3.41. The minimum absolute atomic E-state index is 0.152. The topological polar surface area (TPSA) is 61.8 Å². The smallest absolute Gasteiger partial charge is 0.240 e. The number of halogens is 1. The summed E-state index contributed by atoms with van der Waals surface area (Å²) in [6.07, 6.45) is -0.461. The second-order valence-electron chi connectivity index (χ2n) is 4.82. The molecule has 0 radical (unpaired) electrons. The molecular weight excluding hydrogens is 269 g/mol.